The third-order valence-electron chi connectivity index (χ3n) is 4.08. The van der Waals surface area contributed by atoms with Gasteiger partial charge in [-0.3, -0.25) is 5.01 Å². The second-order valence-electron chi connectivity index (χ2n) is 5.41. The molecule has 1 aliphatic carbocycles. The quantitative estimate of drug-likeness (QED) is 0.772. The third-order valence-corrected chi connectivity index (χ3v) is 4.08. The van der Waals surface area contributed by atoms with Crippen molar-refractivity contribution < 1.29 is 0 Å². The molecule has 1 fully saturated rings. The molecule has 0 bridgehead atoms. The number of hydrogen-bond acceptors (Lipinski definition) is 3. The van der Waals surface area contributed by atoms with Crippen molar-refractivity contribution in [2.75, 3.05) is 0 Å². The molecule has 0 amide bonds. The van der Waals surface area contributed by atoms with E-state index in [0.717, 1.165) is 6.54 Å². The molecule has 0 aromatic heterocycles. The van der Waals surface area contributed by atoms with Crippen molar-refractivity contribution in [3.63, 3.8) is 0 Å². The lowest BCUT2D eigenvalue weighted by Gasteiger charge is -2.27. The fourth-order valence-electron chi connectivity index (χ4n) is 3.05. The highest BCUT2D eigenvalue weighted by Gasteiger charge is 2.32. The van der Waals surface area contributed by atoms with Crippen molar-refractivity contribution in [3.05, 3.63) is 35.9 Å². The molecule has 1 aromatic rings. The fourth-order valence-corrected chi connectivity index (χ4v) is 3.05. The molecule has 3 nitrogen and oxygen atoms in total. The van der Waals surface area contributed by atoms with Crippen LogP contribution in [0.25, 0.3) is 0 Å². The first kappa shape index (κ1) is 11.7. The number of benzene rings is 1. The Bertz CT molecular complexity index is 401. The maximum absolute atomic E-state index is 4.49. The van der Waals surface area contributed by atoms with Gasteiger partial charge in [-0.05, 0) is 18.4 Å². The third kappa shape index (κ3) is 2.55. The topological polar surface area (TPSA) is 28.0 Å². The van der Waals surface area contributed by atoms with Gasteiger partial charge in [-0.15, -0.1) is 0 Å². The molecule has 1 aliphatic heterocycles. The molecule has 1 heterocycles. The van der Waals surface area contributed by atoms with Gasteiger partial charge in [0.1, 0.15) is 0 Å². The van der Waals surface area contributed by atoms with Crippen LogP contribution in [0, 0.1) is 0 Å². The Balaban J connectivity index is 1.68. The molecule has 2 aliphatic rings. The Morgan fingerprint density at radius 2 is 1.78 bits per heavy atom. The average Bonchev–Trinajstić information content (AvgIpc) is 2.72. The lowest BCUT2D eigenvalue weighted by atomic mass is 9.92. The van der Waals surface area contributed by atoms with E-state index < -0.39 is 0 Å². The molecule has 0 N–H and O–H groups in total. The highest BCUT2D eigenvalue weighted by molar-refractivity contribution is 5.14. The summed E-state index contributed by atoms with van der Waals surface area (Å²) in [6, 6.07) is 11.6. The molecule has 18 heavy (non-hydrogen) atoms. The Labute approximate surface area is 109 Å². The lowest BCUT2D eigenvalue weighted by molar-refractivity contribution is 0.187. The zero-order chi connectivity index (χ0) is 12.2. The molecule has 2 atom stereocenters. The summed E-state index contributed by atoms with van der Waals surface area (Å²) in [5.74, 6) is 0. The van der Waals surface area contributed by atoms with E-state index in [1.54, 1.807) is 0 Å². The van der Waals surface area contributed by atoms with E-state index in [-0.39, 0.29) is 0 Å². The molecule has 0 saturated heterocycles. The van der Waals surface area contributed by atoms with Crippen LogP contribution in [0.3, 0.4) is 0 Å². The van der Waals surface area contributed by atoms with E-state index in [2.05, 4.69) is 45.7 Å². The summed E-state index contributed by atoms with van der Waals surface area (Å²) < 4.78 is 0. The highest BCUT2D eigenvalue weighted by atomic mass is 15.6. The maximum Gasteiger partial charge on any atom is 0.0949 e. The van der Waals surface area contributed by atoms with Crippen LogP contribution in [0.2, 0.25) is 0 Å². The van der Waals surface area contributed by atoms with Crippen LogP contribution in [0.4, 0.5) is 0 Å². The van der Waals surface area contributed by atoms with Crippen LogP contribution in [-0.4, -0.2) is 17.1 Å². The van der Waals surface area contributed by atoms with Crippen LogP contribution in [0.15, 0.2) is 40.7 Å². The smallest absolute Gasteiger partial charge is 0.0949 e. The minimum absolute atomic E-state index is 0.453. The lowest BCUT2D eigenvalue weighted by Crippen LogP contribution is -2.35. The van der Waals surface area contributed by atoms with Gasteiger partial charge in [-0.25, -0.2) is 0 Å². The molecular formula is C15H21N3. The van der Waals surface area contributed by atoms with Crippen molar-refractivity contribution in [3.8, 4) is 0 Å². The summed E-state index contributed by atoms with van der Waals surface area (Å²) in [7, 11) is 0. The van der Waals surface area contributed by atoms with Crippen molar-refractivity contribution in [2.45, 2.75) is 57.2 Å². The molecule has 1 saturated carbocycles. The van der Waals surface area contributed by atoms with E-state index >= 15 is 0 Å². The van der Waals surface area contributed by atoms with E-state index in [4.69, 9.17) is 0 Å². The predicted octanol–water partition coefficient (Wildman–Crippen LogP) is 3.96. The van der Waals surface area contributed by atoms with E-state index in [1.165, 1.54) is 44.1 Å². The zero-order valence-corrected chi connectivity index (χ0v) is 10.8. The molecule has 96 valence electrons. The Morgan fingerprint density at radius 3 is 2.61 bits per heavy atom. The van der Waals surface area contributed by atoms with Crippen LogP contribution in [0.5, 0.6) is 0 Å². The summed E-state index contributed by atoms with van der Waals surface area (Å²) in [6.45, 7) is 0.908. The average molecular weight is 243 g/mol. The predicted molar refractivity (Wildman–Crippen MR) is 72.1 cm³/mol. The molecule has 1 aromatic carbocycles. The summed E-state index contributed by atoms with van der Waals surface area (Å²) in [5, 5.41) is 11.1. The largest absolute Gasteiger partial charge is 0.269 e. The van der Waals surface area contributed by atoms with Gasteiger partial charge in [0.2, 0.25) is 0 Å². The standard InChI is InChI=1S/C15H21N3/c1-2-7-11-15-14(10-6-1)16-17-18(15)12-13-8-4-3-5-9-13/h3-5,8-9,14-15H,1-2,6-7,10-12H2. The molecule has 0 radical (unpaired) electrons. The van der Waals surface area contributed by atoms with Gasteiger partial charge >= 0.3 is 0 Å². The minimum Gasteiger partial charge on any atom is -0.269 e. The van der Waals surface area contributed by atoms with Gasteiger partial charge in [0.15, 0.2) is 0 Å². The summed E-state index contributed by atoms with van der Waals surface area (Å²) in [5.41, 5.74) is 1.33. The van der Waals surface area contributed by atoms with Crippen LogP contribution < -0.4 is 0 Å². The van der Waals surface area contributed by atoms with Crippen LogP contribution in [-0.2, 0) is 6.54 Å². The highest BCUT2D eigenvalue weighted by Crippen LogP contribution is 2.30. The van der Waals surface area contributed by atoms with Gasteiger partial charge in [0, 0.05) is 0 Å². The van der Waals surface area contributed by atoms with Crippen molar-refractivity contribution in [2.24, 2.45) is 10.3 Å². The zero-order valence-electron chi connectivity index (χ0n) is 10.8. The van der Waals surface area contributed by atoms with Gasteiger partial charge in [-0.1, -0.05) is 61.2 Å². The molecule has 3 heteroatoms. The summed E-state index contributed by atoms with van der Waals surface area (Å²) in [6.07, 6.45) is 7.88. The summed E-state index contributed by atoms with van der Waals surface area (Å²) >= 11 is 0. The normalized spacial score (nSPS) is 27.7. The fraction of sp³-hybridized carbons (Fsp3) is 0.600. The van der Waals surface area contributed by atoms with Gasteiger partial charge in [0.05, 0.1) is 18.6 Å². The number of rotatable bonds is 2. The first-order valence-electron chi connectivity index (χ1n) is 7.15. The molecular weight excluding hydrogens is 222 g/mol. The van der Waals surface area contributed by atoms with Gasteiger partial charge in [0.25, 0.3) is 0 Å². The Kier molecular flexibility index (Phi) is 3.58. The second-order valence-corrected chi connectivity index (χ2v) is 5.41. The molecule has 3 rings (SSSR count). The minimum atomic E-state index is 0.453. The molecule has 0 spiro atoms. The van der Waals surface area contributed by atoms with Gasteiger partial charge in [-0.2, -0.15) is 5.11 Å². The van der Waals surface area contributed by atoms with Crippen LogP contribution >= 0.6 is 0 Å². The number of nitrogens with zero attached hydrogens (tertiary/aromatic N) is 3. The van der Waals surface area contributed by atoms with E-state index in [0.29, 0.717) is 12.1 Å². The van der Waals surface area contributed by atoms with Crippen molar-refractivity contribution in [1.29, 1.82) is 0 Å². The Hall–Kier alpha value is -1.38. The summed E-state index contributed by atoms with van der Waals surface area (Å²) in [4.78, 5) is 0. The first-order chi connectivity index (χ1) is 8.93. The maximum atomic E-state index is 4.49. The second kappa shape index (κ2) is 5.51. The van der Waals surface area contributed by atoms with Crippen molar-refractivity contribution in [1.82, 2.24) is 5.01 Å². The van der Waals surface area contributed by atoms with Crippen LogP contribution in [0.1, 0.15) is 44.1 Å². The monoisotopic (exact) mass is 243 g/mol. The number of hydrogen-bond donors (Lipinski definition) is 0. The van der Waals surface area contributed by atoms with Crippen molar-refractivity contribution >= 4 is 0 Å². The number of fused-ring (bicyclic) bond motifs is 1. The first-order valence-corrected chi connectivity index (χ1v) is 7.15. The Morgan fingerprint density at radius 1 is 1.00 bits per heavy atom. The SMILES string of the molecule is c1ccc(CN2N=NC3CCCCCCC32)cc1. The van der Waals surface area contributed by atoms with E-state index in [9.17, 15) is 0 Å². The molecule has 2 unspecified atom stereocenters. The van der Waals surface area contributed by atoms with E-state index in [1.807, 2.05) is 0 Å². The van der Waals surface area contributed by atoms with Gasteiger partial charge < -0.3 is 0 Å².